The molecule has 1 aromatic rings. The Kier molecular flexibility index (Phi) is 4.23. The van der Waals surface area contributed by atoms with E-state index in [1.165, 1.54) is 12.8 Å². The van der Waals surface area contributed by atoms with Gasteiger partial charge in [-0.15, -0.1) is 0 Å². The van der Waals surface area contributed by atoms with Crippen LogP contribution >= 0.6 is 0 Å². The van der Waals surface area contributed by atoms with Gasteiger partial charge < -0.3 is 11.1 Å². The first-order chi connectivity index (χ1) is 8.27. The summed E-state index contributed by atoms with van der Waals surface area (Å²) in [6, 6.07) is 5.83. The molecule has 0 unspecified atom stereocenters. The van der Waals surface area contributed by atoms with Crippen molar-refractivity contribution in [2.75, 3.05) is 6.54 Å². The second-order valence-corrected chi connectivity index (χ2v) is 4.57. The molecular weight excluding hydrogens is 214 g/mol. The molecule has 1 fully saturated rings. The highest BCUT2D eigenvalue weighted by molar-refractivity contribution is 5.95. The molecule has 2 rings (SSSR count). The van der Waals surface area contributed by atoms with Gasteiger partial charge in [0.2, 0.25) is 0 Å². The molecule has 17 heavy (non-hydrogen) atoms. The minimum absolute atomic E-state index is 0.0309. The zero-order chi connectivity index (χ0) is 12.1. The van der Waals surface area contributed by atoms with E-state index in [2.05, 4.69) is 10.3 Å². The first-order valence-corrected chi connectivity index (χ1v) is 6.20. The number of carbonyl (C=O) groups excluding carboxylic acids is 1. The Balaban J connectivity index is 1.84. The molecule has 0 saturated heterocycles. The molecule has 3 N–H and O–H groups in total. The Morgan fingerprint density at radius 3 is 2.94 bits per heavy atom. The van der Waals surface area contributed by atoms with E-state index < -0.39 is 0 Å². The average Bonchev–Trinajstić information content (AvgIpc) is 2.38. The summed E-state index contributed by atoms with van der Waals surface area (Å²) in [6.45, 7) is 0.329. The van der Waals surface area contributed by atoms with Crippen LogP contribution in [0.4, 0.5) is 0 Å². The van der Waals surface area contributed by atoms with E-state index in [1.54, 1.807) is 18.3 Å². The molecule has 1 aliphatic carbocycles. The molecular formula is C13H19N3O. The molecule has 2 atom stereocenters. The number of nitrogens with one attached hydrogen (secondary N) is 1. The Morgan fingerprint density at radius 2 is 2.24 bits per heavy atom. The number of ketones is 1. The van der Waals surface area contributed by atoms with Gasteiger partial charge in [-0.1, -0.05) is 18.9 Å². The van der Waals surface area contributed by atoms with Crippen LogP contribution in [0.2, 0.25) is 0 Å². The molecule has 4 heteroatoms. The topological polar surface area (TPSA) is 68.0 Å². The van der Waals surface area contributed by atoms with Crippen LogP contribution in [0.5, 0.6) is 0 Å². The second kappa shape index (κ2) is 5.89. The summed E-state index contributed by atoms with van der Waals surface area (Å²) >= 11 is 0. The van der Waals surface area contributed by atoms with Crippen molar-refractivity contribution in [1.82, 2.24) is 10.3 Å². The van der Waals surface area contributed by atoms with Gasteiger partial charge in [0.05, 0.1) is 6.54 Å². The SMILES string of the molecule is N[C@@H]1CCCC[C@H]1NCC(=O)c1ccccn1. The molecule has 0 bridgehead atoms. The van der Waals surface area contributed by atoms with Gasteiger partial charge in [-0.05, 0) is 25.0 Å². The van der Waals surface area contributed by atoms with Crippen molar-refractivity contribution in [3.63, 3.8) is 0 Å². The lowest BCUT2D eigenvalue weighted by Crippen LogP contribution is -2.48. The molecule has 1 aromatic heterocycles. The number of nitrogens with two attached hydrogens (primary N) is 1. The van der Waals surface area contributed by atoms with E-state index in [0.717, 1.165) is 12.8 Å². The van der Waals surface area contributed by atoms with Crippen LogP contribution in [0.15, 0.2) is 24.4 Å². The molecule has 0 aromatic carbocycles. The van der Waals surface area contributed by atoms with Crippen molar-refractivity contribution >= 4 is 5.78 Å². The number of hydrogen-bond acceptors (Lipinski definition) is 4. The fourth-order valence-corrected chi connectivity index (χ4v) is 2.26. The maximum atomic E-state index is 11.8. The summed E-state index contributed by atoms with van der Waals surface area (Å²) in [4.78, 5) is 15.9. The van der Waals surface area contributed by atoms with E-state index in [-0.39, 0.29) is 17.9 Å². The monoisotopic (exact) mass is 233 g/mol. The molecule has 0 spiro atoms. The number of nitrogens with zero attached hydrogens (tertiary/aromatic N) is 1. The third-order valence-corrected chi connectivity index (χ3v) is 3.29. The Bertz CT molecular complexity index is 366. The first-order valence-electron chi connectivity index (χ1n) is 6.20. The molecule has 1 saturated carbocycles. The zero-order valence-corrected chi connectivity index (χ0v) is 9.93. The van der Waals surface area contributed by atoms with Gasteiger partial charge >= 0.3 is 0 Å². The molecule has 1 aliphatic rings. The summed E-state index contributed by atoms with van der Waals surface area (Å²) in [5.74, 6) is 0.0309. The molecule has 0 aliphatic heterocycles. The summed E-state index contributed by atoms with van der Waals surface area (Å²) < 4.78 is 0. The van der Waals surface area contributed by atoms with Gasteiger partial charge in [-0.3, -0.25) is 9.78 Å². The van der Waals surface area contributed by atoms with E-state index in [1.807, 2.05) is 6.07 Å². The highest BCUT2D eigenvalue weighted by atomic mass is 16.1. The summed E-state index contributed by atoms with van der Waals surface area (Å²) in [5, 5.41) is 3.26. The minimum atomic E-state index is 0.0309. The van der Waals surface area contributed by atoms with Crippen LogP contribution in [-0.4, -0.2) is 29.4 Å². The molecule has 0 amide bonds. The van der Waals surface area contributed by atoms with Crippen molar-refractivity contribution in [2.45, 2.75) is 37.8 Å². The lowest BCUT2D eigenvalue weighted by Gasteiger charge is -2.29. The van der Waals surface area contributed by atoms with Gasteiger partial charge in [-0.25, -0.2) is 0 Å². The number of pyridine rings is 1. The van der Waals surface area contributed by atoms with Crippen molar-refractivity contribution in [1.29, 1.82) is 0 Å². The van der Waals surface area contributed by atoms with Crippen LogP contribution in [0, 0.1) is 0 Å². The van der Waals surface area contributed by atoms with Crippen molar-refractivity contribution in [2.24, 2.45) is 5.73 Å². The molecule has 1 heterocycles. The Hall–Kier alpha value is -1.26. The van der Waals surface area contributed by atoms with Crippen molar-refractivity contribution in [3.8, 4) is 0 Å². The van der Waals surface area contributed by atoms with Gasteiger partial charge in [0.25, 0.3) is 0 Å². The van der Waals surface area contributed by atoms with E-state index >= 15 is 0 Å². The van der Waals surface area contributed by atoms with Crippen molar-refractivity contribution < 1.29 is 4.79 Å². The number of Topliss-reactive ketones (excluding diaryl/α,β-unsaturated/α-hetero) is 1. The largest absolute Gasteiger partial charge is 0.326 e. The standard InChI is InChI=1S/C13H19N3O/c14-10-5-1-2-6-11(10)16-9-13(17)12-7-3-4-8-15-12/h3-4,7-8,10-11,16H,1-2,5-6,9,14H2/t10-,11-/m1/s1. The Labute approximate surface area is 102 Å². The maximum absolute atomic E-state index is 11.8. The molecule has 0 radical (unpaired) electrons. The van der Waals surface area contributed by atoms with Crippen molar-refractivity contribution in [3.05, 3.63) is 30.1 Å². The van der Waals surface area contributed by atoms with E-state index in [4.69, 9.17) is 5.73 Å². The predicted molar refractivity (Wildman–Crippen MR) is 66.8 cm³/mol. The van der Waals surface area contributed by atoms with Crippen LogP contribution in [-0.2, 0) is 0 Å². The lowest BCUT2D eigenvalue weighted by molar-refractivity contribution is 0.0978. The maximum Gasteiger partial charge on any atom is 0.194 e. The first kappa shape index (κ1) is 12.2. The summed E-state index contributed by atoms with van der Waals surface area (Å²) in [6.07, 6.45) is 6.16. The van der Waals surface area contributed by atoms with E-state index in [9.17, 15) is 4.79 Å². The number of carbonyl (C=O) groups is 1. The van der Waals surface area contributed by atoms with Crippen LogP contribution in [0.25, 0.3) is 0 Å². The smallest absolute Gasteiger partial charge is 0.194 e. The van der Waals surface area contributed by atoms with Crippen LogP contribution in [0.3, 0.4) is 0 Å². The predicted octanol–water partition coefficient (Wildman–Crippen LogP) is 1.12. The number of hydrogen-bond donors (Lipinski definition) is 2. The third-order valence-electron chi connectivity index (χ3n) is 3.29. The normalized spacial score (nSPS) is 24.5. The quantitative estimate of drug-likeness (QED) is 0.765. The third kappa shape index (κ3) is 3.35. The van der Waals surface area contributed by atoms with E-state index in [0.29, 0.717) is 12.2 Å². The fourth-order valence-electron chi connectivity index (χ4n) is 2.26. The van der Waals surface area contributed by atoms with Gasteiger partial charge in [0.1, 0.15) is 5.69 Å². The zero-order valence-electron chi connectivity index (χ0n) is 9.93. The van der Waals surface area contributed by atoms with Gasteiger partial charge in [0, 0.05) is 18.3 Å². The van der Waals surface area contributed by atoms with Crippen LogP contribution in [0.1, 0.15) is 36.2 Å². The summed E-state index contributed by atoms with van der Waals surface area (Å²) in [5.41, 5.74) is 6.53. The van der Waals surface area contributed by atoms with Crippen LogP contribution < -0.4 is 11.1 Å². The lowest BCUT2D eigenvalue weighted by atomic mass is 9.91. The van der Waals surface area contributed by atoms with Gasteiger partial charge in [0.15, 0.2) is 5.78 Å². The number of rotatable bonds is 4. The molecule has 4 nitrogen and oxygen atoms in total. The highest BCUT2D eigenvalue weighted by Crippen LogP contribution is 2.16. The Morgan fingerprint density at radius 1 is 1.41 bits per heavy atom. The second-order valence-electron chi connectivity index (χ2n) is 4.57. The molecule has 92 valence electrons. The fraction of sp³-hybridized carbons (Fsp3) is 0.538. The highest BCUT2D eigenvalue weighted by Gasteiger charge is 2.21. The minimum Gasteiger partial charge on any atom is -0.326 e. The average molecular weight is 233 g/mol. The number of aromatic nitrogens is 1. The van der Waals surface area contributed by atoms with Gasteiger partial charge in [-0.2, -0.15) is 0 Å². The summed E-state index contributed by atoms with van der Waals surface area (Å²) in [7, 11) is 0.